The van der Waals surface area contributed by atoms with Crippen molar-refractivity contribution in [1.29, 1.82) is 0 Å². The summed E-state index contributed by atoms with van der Waals surface area (Å²) < 4.78 is 28.2. The van der Waals surface area contributed by atoms with Gasteiger partial charge in [0.05, 0.1) is 16.4 Å². The number of rotatable bonds is 4. The van der Waals surface area contributed by atoms with Crippen molar-refractivity contribution in [2.75, 3.05) is 5.32 Å². The summed E-state index contributed by atoms with van der Waals surface area (Å²) in [7, 11) is 0. The molecule has 2 aromatic heterocycles. The van der Waals surface area contributed by atoms with Gasteiger partial charge in [-0.15, -0.1) is 11.3 Å². The Morgan fingerprint density at radius 2 is 1.84 bits per heavy atom. The number of carbonyl (C=O) groups is 1. The fraction of sp³-hybridized carbons (Fsp3) is 0.0909. The highest BCUT2D eigenvalue weighted by molar-refractivity contribution is 7.16. The number of anilines is 1. The maximum atomic E-state index is 13.6. The topological polar surface area (TPSA) is 76.9 Å². The highest BCUT2D eigenvalue weighted by Gasteiger charge is 2.19. The number of hydrogen-bond donors (Lipinski definition) is 1. The molecule has 32 heavy (non-hydrogen) atoms. The quantitative estimate of drug-likeness (QED) is 0.445. The summed E-state index contributed by atoms with van der Waals surface area (Å²) in [6, 6.07) is 11.6. The van der Waals surface area contributed by atoms with Crippen molar-refractivity contribution in [3.63, 3.8) is 0 Å². The van der Waals surface area contributed by atoms with E-state index in [0.717, 1.165) is 23.5 Å². The number of carbonyl (C=O) groups excluding carboxylic acids is 1. The summed E-state index contributed by atoms with van der Waals surface area (Å²) in [5.74, 6) is -2.71. The van der Waals surface area contributed by atoms with E-state index in [1.807, 2.05) is 0 Å². The highest BCUT2D eigenvalue weighted by atomic mass is 35.5. The molecule has 0 bridgehead atoms. The molecule has 2 heterocycles. The molecular formula is C22H15ClF2N4O2S. The third kappa shape index (κ3) is 4.17. The summed E-state index contributed by atoms with van der Waals surface area (Å²) in [5, 5.41) is 7.36. The molecule has 0 spiro atoms. The van der Waals surface area contributed by atoms with E-state index in [2.05, 4.69) is 15.4 Å². The van der Waals surface area contributed by atoms with Gasteiger partial charge < -0.3 is 0 Å². The van der Waals surface area contributed by atoms with Crippen molar-refractivity contribution in [2.24, 2.45) is 0 Å². The summed E-state index contributed by atoms with van der Waals surface area (Å²) >= 11 is 7.37. The lowest BCUT2D eigenvalue weighted by molar-refractivity contribution is 0.101. The molecule has 0 atom stereocenters. The van der Waals surface area contributed by atoms with Gasteiger partial charge in [0.2, 0.25) is 5.43 Å². The van der Waals surface area contributed by atoms with Gasteiger partial charge in [-0.2, -0.15) is 5.10 Å². The lowest BCUT2D eigenvalue weighted by Gasteiger charge is -2.12. The molecule has 2 aromatic carbocycles. The molecule has 162 valence electrons. The normalized spacial score (nSPS) is 10.9. The summed E-state index contributed by atoms with van der Waals surface area (Å²) in [6.45, 7) is 3.41. The number of nitrogens with zero attached hydrogens (tertiary/aromatic N) is 3. The summed E-state index contributed by atoms with van der Waals surface area (Å²) in [5.41, 5.74) is 0.897. The van der Waals surface area contributed by atoms with Crippen LogP contribution < -0.4 is 10.7 Å². The van der Waals surface area contributed by atoms with Crippen LogP contribution >= 0.6 is 22.9 Å². The Morgan fingerprint density at radius 1 is 1.09 bits per heavy atom. The Labute approximate surface area is 190 Å². The molecule has 0 radical (unpaired) electrons. The van der Waals surface area contributed by atoms with Crippen LogP contribution in [0, 0.1) is 25.5 Å². The fourth-order valence-electron chi connectivity index (χ4n) is 3.09. The molecular weight excluding hydrogens is 458 g/mol. The zero-order valence-corrected chi connectivity index (χ0v) is 18.4. The second-order valence-corrected chi connectivity index (χ2v) is 8.48. The van der Waals surface area contributed by atoms with Crippen molar-refractivity contribution < 1.29 is 13.6 Å². The first-order valence-corrected chi connectivity index (χ1v) is 10.5. The molecule has 4 aromatic rings. The minimum Gasteiger partial charge on any atom is -0.296 e. The van der Waals surface area contributed by atoms with Crippen LogP contribution in [0.15, 0.2) is 53.3 Å². The van der Waals surface area contributed by atoms with Crippen LogP contribution in [0.25, 0.3) is 16.9 Å². The first-order chi connectivity index (χ1) is 15.2. The molecule has 0 aliphatic heterocycles. The predicted molar refractivity (Wildman–Crippen MR) is 120 cm³/mol. The molecule has 4 rings (SSSR count). The maximum absolute atomic E-state index is 13.6. The third-order valence-electron chi connectivity index (χ3n) is 4.61. The molecule has 0 saturated heterocycles. The van der Waals surface area contributed by atoms with E-state index >= 15 is 0 Å². The van der Waals surface area contributed by atoms with Gasteiger partial charge in [0.15, 0.2) is 22.5 Å². The summed E-state index contributed by atoms with van der Waals surface area (Å²) in [6.07, 6.45) is 0. The lowest BCUT2D eigenvalue weighted by atomic mass is 10.1. The van der Waals surface area contributed by atoms with Gasteiger partial charge in [-0.05, 0) is 44.2 Å². The molecule has 0 aliphatic carbocycles. The smallest absolute Gasteiger partial charge is 0.281 e. The van der Waals surface area contributed by atoms with Gasteiger partial charge >= 0.3 is 0 Å². The minimum absolute atomic E-state index is 0.193. The molecule has 10 heteroatoms. The van der Waals surface area contributed by atoms with Crippen LogP contribution in [-0.4, -0.2) is 20.7 Å². The number of aryl methyl sites for hydroxylation is 2. The van der Waals surface area contributed by atoms with Crippen LogP contribution in [-0.2, 0) is 0 Å². The largest absolute Gasteiger partial charge is 0.296 e. The number of halogens is 3. The van der Waals surface area contributed by atoms with E-state index in [9.17, 15) is 18.4 Å². The monoisotopic (exact) mass is 472 g/mol. The highest BCUT2D eigenvalue weighted by Crippen LogP contribution is 2.31. The van der Waals surface area contributed by atoms with E-state index in [1.165, 1.54) is 16.8 Å². The molecule has 0 aliphatic rings. The van der Waals surface area contributed by atoms with Gasteiger partial charge in [-0.3, -0.25) is 14.9 Å². The lowest BCUT2D eigenvalue weighted by Crippen LogP contribution is -2.27. The van der Waals surface area contributed by atoms with Crippen molar-refractivity contribution in [2.45, 2.75) is 13.8 Å². The first kappa shape index (κ1) is 21.8. The van der Waals surface area contributed by atoms with Crippen LogP contribution in [0.1, 0.15) is 21.1 Å². The second-order valence-electron chi connectivity index (χ2n) is 6.87. The van der Waals surface area contributed by atoms with Gasteiger partial charge in [-0.1, -0.05) is 23.7 Å². The molecule has 1 N–H and O–H groups in total. The Bertz CT molecular complexity index is 1420. The fourth-order valence-corrected chi connectivity index (χ4v) is 4.14. The van der Waals surface area contributed by atoms with Crippen LogP contribution in [0.4, 0.5) is 13.9 Å². The molecule has 0 fully saturated rings. The number of hydrogen-bond acceptors (Lipinski definition) is 5. The molecule has 1 amide bonds. The van der Waals surface area contributed by atoms with Gasteiger partial charge in [0.1, 0.15) is 0 Å². The Kier molecular flexibility index (Phi) is 5.86. The molecule has 6 nitrogen and oxygen atoms in total. The van der Waals surface area contributed by atoms with E-state index in [1.54, 1.807) is 38.1 Å². The zero-order chi connectivity index (χ0) is 23.0. The van der Waals surface area contributed by atoms with Crippen LogP contribution in [0.2, 0.25) is 5.02 Å². The van der Waals surface area contributed by atoms with Crippen LogP contribution in [0.5, 0.6) is 0 Å². The zero-order valence-electron chi connectivity index (χ0n) is 16.8. The number of benzene rings is 2. The Morgan fingerprint density at radius 3 is 2.56 bits per heavy atom. The number of para-hydroxylation sites is 1. The van der Waals surface area contributed by atoms with E-state index in [0.29, 0.717) is 32.5 Å². The first-order valence-electron chi connectivity index (χ1n) is 9.34. The van der Waals surface area contributed by atoms with Gasteiger partial charge in [-0.25, -0.2) is 18.4 Å². The number of nitrogens with one attached hydrogen (secondary N) is 1. The number of thiazole rings is 1. The summed E-state index contributed by atoms with van der Waals surface area (Å²) in [4.78, 5) is 30.2. The van der Waals surface area contributed by atoms with E-state index in [-0.39, 0.29) is 10.8 Å². The molecule has 0 saturated carbocycles. The Hall–Kier alpha value is -3.43. The van der Waals surface area contributed by atoms with Gasteiger partial charge in [0.25, 0.3) is 5.91 Å². The standard InChI is InChI=1S/C22H15ClF2N4O2S/c1-11-9-18(30)20(28-29(11)17-6-4-3-5-14(17)23)21(31)27-22-26-19(12(2)32-22)13-7-8-15(24)16(25)10-13/h3-10H,1-2H3,(H,26,27,31). The average Bonchev–Trinajstić information content (AvgIpc) is 3.10. The van der Waals surface area contributed by atoms with E-state index in [4.69, 9.17) is 11.6 Å². The van der Waals surface area contributed by atoms with Crippen molar-refractivity contribution in [1.82, 2.24) is 14.8 Å². The number of amides is 1. The Balaban J connectivity index is 1.66. The number of aromatic nitrogens is 3. The predicted octanol–water partition coefficient (Wildman–Crippen LogP) is 5.16. The molecule has 0 unspecified atom stereocenters. The van der Waals surface area contributed by atoms with Gasteiger partial charge in [0, 0.05) is 22.2 Å². The SMILES string of the molecule is Cc1sc(NC(=O)c2nn(-c3ccccc3Cl)c(C)cc2=O)nc1-c1ccc(F)c(F)c1. The third-order valence-corrected chi connectivity index (χ3v) is 5.82. The van der Waals surface area contributed by atoms with Crippen LogP contribution in [0.3, 0.4) is 0 Å². The van der Waals surface area contributed by atoms with E-state index < -0.39 is 23.0 Å². The van der Waals surface area contributed by atoms with Crippen molar-refractivity contribution >= 4 is 34.0 Å². The minimum atomic E-state index is -0.996. The van der Waals surface area contributed by atoms with Crippen molar-refractivity contribution in [3.05, 3.63) is 91.7 Å². The average molecular weight is 473 g/mol. The van der Waals surface area contributed by atoms with Crippen molar-refractivity contribution in [3.8, 4) is 16.9 Å². The second kappa shape index (κ2) is 8.60. The maximum Gasteiger partial charge on any atom is 0.281 e.